The molecular weight excluding hydrogens is 230 g/mol. The number of piperazine rings is 1. The van der Waals surface area contributed by atoms with Crippen LogP contribution in [0.4, 0.5) is 0 Å². The molecule has 0 amide bonds. The SMILES string of the molecule is CSc1ccc(CN2CCNCC2C#N)cc1. The first kappa shape index (κ1) is 12.4. The van der Waals surface area contributed by atoms with E-state index in [2.05, 4.69) is 46.8 Å². The summed E-state index contributed by atoms with van der Waals surface area (Å²) < 4.78 is 0. The summed E-state index contributed by atoms with van der Waals surface area (Å²) in [6.07, 6.45) is 2.08. The minimum Gasteiger partial charge on any atom is -0.313 e. The fourth-order valence-electron chi connectivity index (χ4n) is 2.03. The number of hydrogen-bond donors (Lipinski definition) is 1. The fourth-order valence-corrected chi connectivity index (χ4v) is 2.44. The zero-order valence-electron chi connectivity index (χ0n) is 10.0. The smallest absolute Gasteiger partial charge is 0.111 e. The predicted octanol–water partition coefficient (Wildman–Crippen LogP) is 1.71. The fraction of sp³-hybridized carbons (Fsp3) is 0.462. The van der Waals surface area contributed by atoms with Crippen LogP contribution in [-0.2, 0) is 6.54 Å². The number of nitrogens with zero attached hydrogens (tertiary/aromatic N) is 2. The van der Waals surface area contributed by atoms with Crippen molar-refractivity contribution in [1.29, 1.82) is 5.26 Å². The highest BCUT2D eigenvalue weighted by Crippen LogP contribution is 2.16. The molecule has 0 bridgehead atoms. The molecular formula is C13H17N3S. The highest BCUT2D eigenvalue weighted by molar-refractivity contribution is 7.98. The first-order valence-electron chi connectivity index (χ1n) is 5.81. The van der Waals surface area contributed by atoms with E-state index in [9.17, 15) is 0 Å². The van der Waals surface area contributed by atoms with E-state index in [1.165, 1.54) is 10.5 Å². The molecule has 1 aromatic carbocycles. The van der Waals surface area contributed by atoms with Crippen LogP contribution >= 0.6 is 11.8 Å². The van der Waals surface area contributed by atoms with Crippen LogP contribution in [-0.4, -0.2) is 36.8 Å². The Balaban J connectivity index is 2.01. The lowest BCUT2D eigenvalue weighted by molar-refractivity contribution is 0.189. The van der Waals surface area contributed by atoms with E-state index in [1.807, 2.05) is 0 Å². The summed E-state index contributed by atoms with van der Waals surface area (Å²) in [6.45, 7) is 3.57. The number of benzene rings is 1. The molecule has 4 heteroatoms. The van der Waals surface area contributed by atoms with Gasteiger partial charge in [0.2, 0.25) is 0 Å². The lowest BCUT2D eigenvalue weighted by atomic mass is 10.1. The van der Waals surface area contributed by atoms with Crippen LogP contribution in [0.15, 0.2) is 29.2 Å². The number of rotatable bonds is 3. The minimum absolute atomic E-state index is 0.00368. The van der Waals surface area contributed by atoms with E-state index in [0.717, 1.165) is 26.2 Å². The maximum absolute atomic E-state index is 9.09. The molecule has 17 heavy (non-hydrogen) atoms. The quantitative estimate of drug-likeness (QED) is 0.825. The van der Waals surface area contributed by atoms with Crippen LogP contribution in [0, 0.1) is 11.3 Å². The summed E-state index contributed by atoms with van der Waals surface area (Å²) >= 11 is 1.75. The second-order valence-electron chi connectivity index (χ2n) is 4.17. The van der Waals surface area contributed by atoms with Crippen LogP contribution < -0.4 is 5.32 Å². The Morgan fingerprint density at radius 1 is 1.47 bits per heavy atom. The minimum atomic E-state index is 0.00368. The highest BCUT2D eigenvalue weighted by Gasteiger charge is 2.21. The molecule has 1 aromatic rings. The Kier molecular flexibility index (Phi) is 4.43. The normalized spacial score (nSPS) is 21.1. The van der Waals surface area contributed by atoms with E-state index in [0.29, 0.717) is 0 Å². The molecule has 1 atom stereocenters. The Morgan fingerprint density at radius 3 is 2.88 bits per heavy atom. The van der Waals surface area contributed by atoms with Gasteiger partial charge in [0.05, 0.1) is 6.07 Å². The zero-order chi connectivity index (χ0) is 12.1. The summed E-state index contributed by atoms with van der Waals surface area (Å²) in [5, 5.41) is 12.3. The van der Waals surface area contributed by atoms with Gasteiger partial charge in [-0.05, 0) is 24.0 Å². The molecule has 1 saturated heterocycles. The van der Waals surface area contributed by atoms with Crippen molar-refractivity contribution in [3.63, 3.8) is 0 Å². The molecule has 3 nitrogen and oxygen atoms in total. The molecule has 0 spiro atoms. The summed E-state index contributed by atoms with van der Waals surface area (Å²) in [5.41, 5.74) is 1.28. The molecule has 1 heterocycles. The third-order valence-corrected chi connectivity index (χ3v) is 3.79. The molecule has 2 rings (SSSR count). The zero-order valence-corrected chi connectivity index (χ0v) is 10.8. The third kappa shape index (κ3) is 3.22. The van der Waals surface area contributed by atoms with Crippen LogP contribution in [0.2, 0.25) is 0 Å². The first-order chi connectivity index (χ1) is 8.33. The van der Waals surface area contributed by atoms with Gasteiger partial charge in [-0.3, -0.25) is 4.90 Å². The van der Waals surface area contributed by atoms with Gasteiger partial charge in [-0.2, -0.15) is 5.26 Å². The van der Waals surface area contributed by atoms with Crippen molar-refractivity contribution in [2.45, 2.75) is 17.5 Å². The molecule has 0 saturated carbocycles. The maximum Gasteiger partial charge on any atom is 0.111 e. The molecule has 0 aromatic heterocycles. The van der Waals surface area contributed by atoms with Gasteiger partial charge in [0, 0.05) is 31.1 Å². The predicted molar refractivity (Wildman–Crippen MR) is 70.9 cm³/mol. The van der Waals surface area contributed by atoms with Crippen LogP contribution in [0.3, 0.4) is 0 Å². The standard InChI is InChI=1S/C13H17N3S/c1-17-13-4-2-11(3-5-13)10-16-7-6-15-9-12(16)8-14/h2-5,12,15H,6-7,9-10H2,1H3. The molecule has 1 aliphatic rings. The monoisotopic (exact) mass is 247 g/mol. The largest absolute Gasteiger partial charge is 0.313 e. The van der Waals surface area contributed by atoms with Crippen LogP contribution in [0.25, 0.3) is 0 Å². The van der Waals surface area contributed by atoms with Crippen LogP contribution in [0.1, 0.15) is 5.56 Å². The van der Waals surface area contributed by atoms with Gasteiger partial charge in [0.15, 0.2) is 0 Å². The van der Waals surface area contributed by atoms with Crippen molar-refractivity contribution in [3.8, 4) is 6.07 Å². The Bertz CT molecular complexity index is 396. The number of nitriles is 1. The van der Waals surface area contributed by atoms with Gasteiger partial charge in [-0.25, -0.2) is 0 Å². The summed E-state index contributed by atoms with van der Waals surface area (Å²) in [5.74, 6) is 0. The molecule has 0 radical (unpaired) electrons. The average molecular weight is 247 g/mol. The van der Waals surface area contributed by atoms with E-state index in [-0.39, 0.29) is 6.04 Å². The Hall–Kier alpha value is -1.02. The third-order valence-electron chi connectivity index (χ3n) is 3.05. The number of hydrogen-bond acceptors (Lipinski definition) is 4. The second kappa shape index (κ2) is 6.06. The van der Waals surface area contributed by atoms with Crippen molar-refractivity contribution in [2.75, 3.05) is 25.9 Å². The van der Waals surface area contributed by atoms with Gasteiger partial charge in [-0.1, -0.05) is 12.1 Å². The molecule has 1 fully saturated rings. The molecule has 1 aliphatic heterocycles. The maximum atomic E-state index is 9.09. The van der Waals surface area contributed by atoms with Crippen molar-refractivity contribution in [2.24, 2.45) is 0 Å². The highest BCUT2D eigenvalue weighted by atomic mass is 32.2. The molecule has 1 N–H and O–H groups in total. The van der Waals surface area contributed by atoms with E-state index in [1.54, 1.807) is 11.8 Å². The summed E-state index contributed by atoms with van der Waals surface area (Å²) in [7, 11) is 0. The van der Waals surface area contributed by atoms with Gasteiger partial charge in [0.25, 0.3) is 0 Å². The van der Waals surface area contributed by atoms with E-state index >= 15 is 0 Å². The number of nitrogens with one attached hydrogen (secondary N) is 1. The lowest BCUT2D eigenvalue weighted by Gasteiger charge is -2.31. The molecule has 0 aliphatic carbocycles. The Morgan fingerprint density at radius 2 is 2.24 bits per heavy atom. The topological polar surface area (TPSA) is 39.1 Å². The average Bonchev–Trinajstić information content (AvgIpc) is 2.40. The van der Waals surface area contributed by atoms with E-state index < -0.39 is 0 Å². The van der Waals surface area contributed by atoms with E-state index in [4.69, 9.17) is 5.26 Å². The summed E-state index contributed by atoms with van der Waals surface area (Å²) in [4.78, 5) is 3.52. The van der Waals surface area contributed by atoms with Crippen molar-refractivity contribution in [1.82, 2.24) is 10.2 Å². The molecule has 90 valence electrons. The van der Waals surface area contributed by atoms with Gasteiger partial charge >= 0.3 is 0 Å². The Labute approximate surface area is 107 Å². The first-order valence-corrected chi connectivity index (χ1v) is 7.03. The number of thioether (sulfide) groups is 1. The van der Waals surface area contributed by atoms with Crippen molar-refractivity contribution in [3.05, 3.63) is 29.8 Å². The lowest BCUT2D eigenvalue weighted by Crippen LogP contribution is -2.49. The molecule has 1 unspecified atom stereocenters. The second-order valence-corrected chi connectivity index (χ2v) is 5.05. The van der Waals surface area contributed by atoms with Crippen LogP contribution in [0.5, 0.6) is 0 Å². The van der Waals surface area contributed by atoms with Gasteiger partial charge in [-0.15, -0.1) is 11.8 Å². The van der Waals surface area contributed by atoms with Gasteiger partial charge in [0.1, 0.15) is 6.04 Å². The van der Waals surface area contributed by atoms with Crippen molar-refractivity contribution < 1.29 is 0 Å². The van der Waals surface area contributed by atoms with Gasteiger partial charge < -0.3 is 5.32 Å². The van der Waals surface area contributed by atoms with Crippen molar-refractivity contribution >= 4 is 11.8 Å². The summed E-state index contributed by atoms with van der Waals surface area (Å²) in [6, 6.07) is 11.0.